The summed E-state index contributed by atoms with van der Waals surface area (Å²) in [5.41, 5.74) is 0. The Morgan fingerprint density at radius 3 is 1.47 bits per heavy atom. The zero-order valence-electron chi connectivity index (χ0n) is 11.5. The molecule has 102 valence electrons. The van der Waals surface area contributed by atoms with Crippen LogP contribution in [-0.4, -0.2) is 13.2 Å². The van der Waals surface area contributed by atoms with Gasteiger partial charge >= 0.3 is 0 Å². The smallest absolute Gasteiger partial charge is 0.0853 e. The van der Waals surface area contributed by atoms with Gasteiger partial charge in [0.25, 0.3) is 0 Å². The van der Waals surface area contributed by atoms with E-state index in [1.54, 1.807) is 12.2 Å². The van der Waals surface area contributed by atoms with Gasteiger partial charge in [0.05, 0.1) is 13.2 Å². The summed E-state index contributed by atoms with van der Waals surface area (Å²) in [5, 5.41) is 4.53. The van der Waals surface area contributed by atoms with Crippen LogP contribution in [0.2, 0.25) is 0 Å². The Bertz CT molecular complexity index is 130. The normalized spacial score (nSPS) is 9.29. The standard InChI is InChI=1S/C10H22O3.C4H6/c1-3-5-7-9-11-13-12-10-8-6-4-2;1-3-4-2/h3-10H2,1-2H3;3-4H,1-2H2. The highest BCUT2D eigenvalue weighted by atomic mass is 17.5. The molecule has 0 fully saturated rings. The lowest BCUT2D eigenvalue weighted by molar-refractivity contribution is -0.512. The second-order valence-corrected chi connectivity index (χ2v) is 3.60. The van der Waals surface area contributed by atoms with Crippen LogP contribution >= 0.6 is 0 Å². The fourth-order valence-electron chi connectivity index (χ4n) is 0.924. The minimum atomic E-state index is 0.627. The van der Waals surface area contributed by atoms with Crippen LogP contribution in [-0.2, 0) is 14.8 Å². The van der Waals surface area contributed by atoms with E-state index >= 15 is 0 Å². The maximum atomic E-state index is 4.79. The Balaban J connectivity index is 0. The van der Waals surface area contributed by atoms with E-state index in [0.29, 0.717) is 13.2 Å². The van der Waals surface area contributed by atoms with Crippen molar-refractivity contribution in [3.8, 4) is 0 Å². The summed E-state index contributed by atoms with van der Waals surface area (Å²) in [7, 11) is 0. The topological polar surface area (TPSA) is 27.7 Å². The van der Waals surface area contributed by atoms with E-state index in [1.807, 2.05) is 0 Å². The van der Waals surface area contributed by atoms with Crippen LogP contribution in [0, 0.1) is 0 Å². The van der Waals surface area contributed by atoms with Crippen LogP contribution in [0.5, 0.6) is 0 Å². The molecule has 0 spiro atoms. The third kappa shape index (κ3) is 25.5. The number of rotatable bonds is 11. The minimum Gasteiger partial charge on any atom is -0.206 e. The molecule has 0 aromatic heterocycles. The molecule has 17 heavy (non-hydrogen) atoms. The molecule has 0 bridgehead atoms. The maximum absolute atomic E-state index is 4.79. The predicted octanol–water partition coefficient (Wildman–Crippen LogP) is 4.61. The largest absolute Gasteiger partial charge is 0.206 e. The van der Waals surface area contributed by atoms with Crippen molar-refractivity contribution < 1.29 is 14.8 Å². The molecule has 0 aliphatic rings. The van der Waals surface area contributed by atoms with Crippen molar-refractivity contribution in [1.82, 2.24) is 0 Å². The van der Waals surface area contributed by atoms with E-state index in [9.17, 15) is 0 Å². The second-order valence-electron chi connectivity index (χ2n) is 3.60. The van der Waals surface area contributed by atoms with Crippen molar-refractivity contribution >= 4 is 0 Å². The van der Waals surface area contributed by atoms with Gasteiger partial charge in [-0.2, -0.15) is 0 Å². The first-order valence-electron chi connectivity index (χ1n) is 6.47. The molecule has 0 amide bonds. The van der Waals surface area contributed by atoms with E-state index in [2.05, 4.69) is 32.0 Å². The van der Waals surface area contributed by atoms with E-state index in [1.165, 1.54) is 25.7 Å². The zero-order chi connectivity index (χ0) is 13.2. The van der Waals surface area contributed by atoms with Crippen molar-refractivity contribution in [2.45, 2.75) is 52.4 Å². The molecule has 0 N–H and O–H groups in total. The van der Waals surface area contributed by atoms with Crippen LogP contribution in [0.3, 0.4) is 0 Å². The van der Waals surface area contributed by atoms with Gasteiger partial charge in [0.2, 0.25) is 0 Å². The molecule has 0 saturated carbocycles. The van der Waals surface area contributed by atoms with Gasteiger partial charge in [-0.15, -0.1) is 0 Å². The summed E-state index contributed by atoms with van der Waals surface area (Å²) in [4.78, 5) is 9.59. The first-order valence-corrected chi connectivity index (χ1v) is 6.47. The van der Waals surface area contributed by atoms with Gasteiger partial charge in [-0.05, 0) is 12.8 Å². The van der Waals surface area contributed by atoms with Gasteiger partial charge in [0, 0.05) is 0 Å². The third-order valence-corrected chi connectivity index (χ3v) is 1.93. The van der Waals surface area contributed by atoms with E-state index in [4.69, 9.17) is 9.78 Å². The average Bonchev–Trinajstić information content (AvgIpc) is 2.37. The molecule has 3 nitrogen and oxygen atoms in total. The lowest BCUT2D eigenvalue weighted by atomic mass is 10.3. The van der Waals surface area contributed by atoms with Gasteiger partial charge in [0.1, 0.15) is 0 Å². The lowest BCUT2D eigenvalue weighted by Crippen LogP contribution is -2.00. The van der Waals surface area contributed by atoms with Crippen LogP contribution < -0.4 is 0 Å². The van der Waals surface area contributed by atoms with E-state index < -0.39 is 0 Å². The number of allylic oxidation sites excluding steroid dienone is 2. The van der Waals surface area contributed by atoms with Crippen LogP contribution in [0.1, 0.15) is 52.4 Å². The summed E-state index contributed by atoms with van der Waals surface area (Å²) in [5.74, 6) is 0. The average molecular weight is 244 g/mol. The Morgan fingerprint density at radius 1 is 0.765 bits per heavy atom. The highest BCUT2D eigenvalue weighted by Gasteiger charge is 1.90. The monoisotopic (exact) mass is 244 g/mol. The van der Waals surface area contributed by atoms with Crippen LogP contribution in [0.15, 0.2) is 25.3 Å². The summed E-state index contributed by atoms with van der Waals surface area (Å²) in [6.07, 6.45) is 10.1. The number of hydrogen-bond donors (Lipinski definition) is 0. The van der Waals surface area contributed by atoms with Gasteiger partial charge in [-0.3, -0.25) is 0 Å². The van der Waals surface area contributed by atoms with Crippen molar-refractivity contribution in [2.24, 2.45) is 0 Å². The molecule has 0 atom stereocenters. The number of hydrogen-bond acceptors (Lipinski definition) is 3. The summed E-state index contributed by atoms with van der Waals surface area (Å²) in [6, 6.07) is 0. The van der Waals surface area contributed by atoms with Crippen molar-refractivity contribution in [3.63, 3.8) is 0 Å². The molecular weight excluding hydrogens is 216 g/mol. The maximum Gasteiger partial charge on any atom is 0.0853 e. The van der Waals surface area contributed by atoms with Crippen LogP contribution in [0.25, 0.3) is 0 Å². The third-order valence-electron chi connectivity index (χ3n) is 1.93. The predicted molar refractivity (Wildman–Crippen MR) is 72.4 cm³/mol. The van der Waals surface area contributed by atoms with Crippen molar-refractivity contribution in [3.05, 3.63) is 25.3 Å². The van der Waals surface area contributed by atoms with E-state index in [-0.39, 0.29) is 0 Å². The van der Waals surface area contributed by atoms with Crippen LogP contribution in [0.4, 0.5) is 0 Å². The highest BCUT2D eigenvalue weighted by molar-refractivity contribution is 4.88. The Hall–Kier alpha value is -0.640. The molecule has 0 saturated heterocycles. The van der Waals surface area contributed by atoms with Crippen molar-refractivity contribution in [2.75, 3.05) is 13.2 Å². The molecule has 0 unspecified atom stereocenters. The molecule has 0 aliphatic heterocycles. The highest BCUT2D eigenvalue weighted by Crippen LogP contribution is 1.97. The fourth-order valence-corrected chi connectivity index (χ4v) is 0.924. The molecule has 0 radical (unpaired) electrons. The van der Waals surface area contributed by atoms with Gasteiger partial charge in [0.15, 0.2) is 0 Å². The van der Waals surface area contributed by atoms with Gasteiger partial charge < -0.3 is 0 Å². The first kappa shape index (κ1) is 18.7. The van der Waals surface area contributed by atoms with Crippen molar-refractivity contribution in [1.29, 1.82) is 0 Å². The summed E-state index contributed by atoms with van der Waals surface area (Å²) in [6.45, 7) is 12.3. The molecule has 0 aromatic carbocycles. The molecule has 0 heterocycles. The van der Waals surface area contributed by atoms with Gasteiger partial charge in [-0.1, -0.05) is 69.9 Å². The molecule has 0 aromatic rings. The molecular formula is C14H28O3. The van der Waals surface area contributed by atoms with E-state index in [0.717, 1.165) is 12.8 Å². The second kappa shape index (κ2) is 20.7. The summed E-state index contributed by atoms with van der Waals surface area (Å²) < 4.78 is 0. The molecule has 3 heteroatoms. The Kier molecular flexibility index (Phi) is 22.8. The molecule has 0 aliphatic carbocycles. The Morgan fingerprint density at radius 2 is 1.18 bits per heavy atom. The minimum absolute atomic E-state index is 0.627. The first-order chi connectivity index (χ1) is 8.33. The SMILES string of the molecule is C=CC=C.CCCCCOOOCCCCC. The zero-order valence-corrected chi connectivity index (χ0v) is 11.5. The lowest BCUT2D eigenvalue weighted by Gasteiger charge is -2.02. The Labute approximate surface area is 106 Å². The quantitative estimate of drug-likeness (QED) is 0.230. The molecule has 0 rings (SSSR count). The number of unbranched alkanes of at least 4 members (excludes halogenated alkanes) is 4. The fraction of sp³-hybridized carbons (Fsp3) is 0.714. The van der Waals surface area contributed by atoms with Gasteiger partial charge in [-0.25, -0.2) is 9.78 Å². The summed E-state index contributed by atoms with van der Waals surface area (Å²) >= 11 is 0.